The molecule has 0 spiro atoms. The van der Waals surface area contributed by atoms with Crippen LogP contribution >= 0.6 is 0 Å². The summed E-state index contributed by atoms with van der Waals surface area (Å²) in [4.78, 5) is 4.42. The second-order valence-electron chi connectivity index (χ2n) is 4.88. The van der Waals surface area contributed by atoms with E-state index in [2.05, 4.69) is 16.4 Å². The molecular formula is C16H19FN2. The Kier molecular flexibility index (Phi) is 4.27. The predicted molar refractivity (Wildman–Crippen MR) is 75.6 cm³/mol. The number of nitrogens with zero attached hydrogens (tertiary/aromatic N) is 1. The van der Waals surface area contributed by atoms with Gasteiger partial charge in [0.2, 0.25) is 0 Å². The number of benzene rings is 1. The molecule has 0 aliphatic carbocycles. The predicted octanol–water partition coefficient (Wildman–Crippen LogP) is 3.34. The zero-order valence-corrected chi connectivity index (χ0v) is 11.6. The van der Waals surface area contributed by atoms with E-state index in [4.69, 9.17) is 0 Å². The number of hydrogen-bond donors (Lipinski definition) is 1. The number of aryl methyl sites for hydroxylation is 2. The largest absolute Gasteiger partial charge is 0.313 e. The highest BCUT2D eigenvalue weighted by molar-refractivity contribution is 5.27. The average molecular weight is 258 g/mol. The molecule has 0 saturated carbocycles. The molecule has 2 aromatic rings. The van der Waals surface area contributed by atoms with Gasteiger partial charge in [-0.3, -0.25) is 4.98 Å². The van der Waals surface area contributed by atoms with Gasteiger partial charge in [-0.15, -0.1) is 0 Å². The van der Waals surface area contributed by atoms with Crippen LogP contribution in [0.2, 0.25) is 0 Å². The first-order valence-electron chi connectivity index (χ1n) is 6.45. The first-order valence-corrected chi connectivity index (χ1v) is 6.45. The van der Waals surface area contributed by atoms with Crippen molar-refractivity contribution in [1.82, 2.24) is 10.3 Å². The van der Waals surface area contributed by atoms with Crippen molar-refractivity contribution in [3.63, 3.8) is 0 Å². The van der Waals surface area contributed by atoms with Crippen molar-refractivity contribution in [1.29, 1.82) is 0 Å². The number of hydrogen-bond acceptors (Lipinski definition) is 2. The van der Waals surface area contributed by atoms with Crippen LogP contribution in [0.25, 0.3) is 0 Å². The second kappa shape index (κ2) is 5.93. The maximum atomic E-state index is 13.3. The molecule has 0 amide bonds. The summed E-state index contributed by atoms with van der Waals surface area (Å²) in [5, 5.41) is 3.27. The lowest BCUT2D eigenvalue weighted by Gasteiger charge is -2.17. The second-order valence-corrected chi connectivity index (χ2v) is 4.88. The van der Waals surface area contributed by atoms with E-state index in [1.165, 1.54) is 6.07 Å². The van der Waals surface area contributed by atoms with Crippen LogP contribution in [0.4, 0.5) is 4.39 Å². The number of aromatic nitrogens is 1. The summed E-state index contributed by atoms with van der Waals surface area (Å²) < 4.78 is 13.3. The Hall–Kier alpha value is -1.74. The molecule has 0 fully saturated rings. The van der Waals surface area contributed by atoms with Gasteiger partial charge in [0, 0.05) is 24.4 Å². The molecule has 2 nitrogen and oxygen atoms in total. The minimum atomic E-state index is -0.160. The fourth-order valence-electron chi connectivity index (χ4n) is 2.10. The molecule has 1 atom stereocenters. The Bertz CT molecular complexity index is 549. The summed E-state index contributed by atoms with van der Waals surface area (Å²) in [5.74, 6) is -0.160. The minimum absolute atomic E-state index is 0.148. The van der Waals surface area contributed by atoms with E-state index < -0.39 is 0 Å². The fraction of sp³-hybridized carbons (Fsp3) is 0.312. The molecule has 100 valence electrons. The molecule has 1 aromatic heterocycles. The smallest absolute Gasteiger partial charge is 0.126 e. The highest BCUT2D eigenvalue weighted by atomic mass is 19.1. The van der Waals surface area contributed by atoms with Crippen LogP contribution in [0, 0.1) is 19.7 Å². The van der Waals surface area contributed by atoms with Gasteiger partial charge in [-0.1, -0.05) is 18.2 Å². The van der Waals surface area contributed by atoms with Crippen molar-refractivity contribution >= 4 is 0 Å². The van der Waals surface area contributed by atoms with Crippen molar-refractivity contribution in [2.75, 3.05) is 7.05 Å². The number of nitrogens with one attached hydrogen (secondary N) is 1. The van der Waals surface area contributed by atoms with Crippen LogP contribution in [0.5, 0.6) is 0 Å². The lowest BCUT2D eigenvalue weighted by molar-refractivity contribution is 0.577. The summed E-state index contributed by atoms with van der Waals surface area (Å²) in [6, 6.07) is 9.50. The van der Waals surface area contributed by atoms with Gasteiger partial charge in [0.05, 0.1) is 0 Å². The number of likely N-dealkylation sites (N-methyl/N-ethyl adjacent to an activating group) is 1. The van der Waals surface area contributed by atoms with E-state index >= 15 is 0 Å². The lowest BCUT2D eigenvalue weighted by Crippen LogP contribution is -2.19. The molecule has 1 aromatic carbocycles. The fourth-order valence-corrected chi connectivity index (χ4v) is 2.10. The lowest BCUT2D eigenvalue weighted by atomic mass is 9.99. The Morgan fingerprint density at radius 2 is 2.00 bits per heavy atom. The van der Waals surface area contributed by atoms with E-state index in [0.29, 0.717) is 5.56 Å². The van der Waals surface area contributed by atoms with Crippen molar-refractivity contribution in [2.45, 2.75) is 26.3 Å². The van der Waals surface area contributed by atoms with Gasteiger partial charge in [-0.2, -0.15) is 0 Å². The summed E-state index contributed by atoms with van der Waals surface area (Å²) >= 11 is 0. The molecule has 0 saturated heterocycles. The van der Waals surface area contributed by atoms with Gasteiger partial charge in [0.15, 0.2) is 0 Å². The minimum Gasteiger partial charge on any atom is -0.313 e. The quantitative estimate of drug-likeness (QED) is 0.909. The number of rotatable bonds is 4. The normalized spacial score (nSPS) is 12.4. The van der Waals surface area contributed by atoms with Gasteiger partial charge < -0.3 is 5.32 Å². The van der Waals surface area contributed by atoms with Crippen LogP contribution in [-0.4, -0.2) is 12.0 Å². The van der Waals surface area contributed by atoms with Gasteiger partial charge in [0.25, 0.3) is 0 Å². The molecule has 3 heteroatoms. The highest BCUT2D eigenvalue weighted by Gasteiger charge is 2.12. The van der Waals surface area contributed by atoms with E-state index in [9.17, 15) is 4.39 Å². The Morgan fingerprint density at radius 3 is 2.58 bits per heavy atom. The molecule has 1 heterocycles. The van der Waals surface area contributed by atoms with Crippen LogP contribution in [0.3, 0.4) is 0 Å². The average Bonchev–Trinajstić information content (AvgIpc) is 2.41. The molecule has 19 heavy (non-hydrogen) atoms. The molecule has 0 aliphatic rings. The monoisotopic (exact) mass is 258 g/mol. The Balaban J connectivity index is 2.19. The van der Waals surface area contributed by atoms with Crippen LogP contribution < -0.4 is 5.32 Å². The van der Waals surface area contributed by atoms with Gasteiger partial charge in [0.1, 0.15) is 5.82 Å². The molecule has 0 bridgehead atoms. The van der Waals surface area contributed by atoms with E-state index in [1.807, 2.05) is 38.4 Å². The number of halogens is 1. The van der Waals surface area contributed by atoms with E-state index in [0.717, 1.165) is 23.2 Å². The summed E-state index contributed by atoms with van der Waals surface area (Å²) in [6.45, 7) is 3.81. The van der Waals surface area contributed by atoms with Crippen molar-refractivity contribution in [2.24, 2.45) is 0 Å². The summed E-state index contributed by atoms with van der Waals surface area (Å²) in [7, 11) is 1.91. The van der Waals surface area contributed by atoms with Crippen molar-refractivity contribution in [3.8, 4) is 0 Å². The third kappa shape index (κ3) is 3.38. The molecule has 1 unspecified atom stereocenters. The first-order chi connectivity index (χ1) is 9.10. The molecule has 2 rings (SSSR count). The molecule has 0 radical (unpaired) electrons. The Labute approximate surface area is 113 Å². The zero-order chi connectivity index (χ0) is 13.8. The van der Waals surface area contributed by atoms with Crippen LogP contribution in [-0.2, 0) is 6.42 Å². The van der Waals surface area contributed by atoms with Gasteiger partial charge in [-0.25, -0.2) is 4.39 Å². The maximum Gasteiger partial charge on any atom is 0.126 e. The van der Waals surface area contributed by atoms with Crippen molar-refractivity contribution in [3.05, 3.63) is 64.7 Å². The summed E-state index contributed by atoms with van der Waals surface area (Å²) in [5.41, 5.74) is 3.95. The van der Waals surface area contributed by atoms with Crippen LogP contribution in [0.1, 0.15) is 28.4 Å². The maximum absolute atomic E-state index is 13.3. The van der Waals surface area contributed by atoms with E-state index in [1.54, 1.807) is 6.92 Å². The van der Waals surface area contributed by atoms with E-state index in [-0.39, 0.29) is 11.9 Å². The Morgan fingerprint density at radius 1 is 1.21 bits per heavy atom. The zero-order valence-electron chi connectivity index (χ0n) is 11.6. The number of pyridine rings is 1. The topological polar surface area (TPSA) is 24.9 Å². The molecule has 0 aliphatic heterocycles. The summed E-state index contributed by atoms with van der Waals surface area (Å²) in [6.07, 6.45) is 2.67. The first kappa shape index (κ1) is 13.7. The molecular weight excluding hydrogens is 239 g/mol. The third-order valence-corrected chi connectivity index (χ3v) is 3.32. The van der Waals surface area contributed by atoms with Gasteiger partial charge >= 0.3 is 0 Å². The van der Waals surface area contributed by atoms with Crippen LogP contribution in [0.15, 0.2) is 36.5 Å². The van der Waals surface area contributed by atoms with Gasteiger partial charge in [-0.05, 0) is 49.7 Å². The SMILES string of the molecule is CNC(Cc1ccc(C)cn1)c1ccc(F)c(C)c1. The standard InChI is InChI=1S/C16H19FN2/c1-11-4-6-14(19-10-11)9-16(18-3)13-5-7-15(17)12(2)8-13/h4-8,10,16,18H,9H2,1-3H3. The third-order valence-electron chi connectivity index (χ3n) is 3.32. The highest BCUT2D eigenvalue weighted by Crippen LogP contribution is 2.20. The molecule has 1 N–H and O–H groups in total. The van der Waals surface area contributed by atoms with Crippen molar-refractivity contribution < 1.29 is 4.39 Å².